The first kappa shape index (κ1) is 12.6. The lowest BCUT2D eigenvalue weighted by Gasteiger charge is -1.97. The number of hydrogen-bond donors (Lipinski definition) is 1. The monoisotopic (exact) mass is 283 g/mol. The fourth-order valence-corrected chi connectivity index (χ4v) is 2.37. The van der Waals surface area contributed by atoms with E-state index in [1.807, 2.05) is 17.5 Å². The van der Waals surface area contributed by atoms with Crippen LogP contribution < -0.4 is 5.43 Å². The van der Waals surface area contributed by atoms with Crippen molar-refractivity contribution in [2.24, 2.45) is 5.10 Å². The quantitative estimate of drug-likeness (QED) is 0.578. The molecule has 0 saturated heterocycles. The van der Waals surface area contributed by atoms with E-state index >= 15 is 0 Å². The van der Waals surface area contributed by atoms with Gasteiger partial charge in [0.1, 0.15) is 5.76 Å². The number of rotatable bonds is 4. The predicted molar refractivity (Wildman–Crippen MR) is 82.2 cm³/mol. The van der Waals surface area contributed by atoms with E-state index in [2.05, 4.69) is 46.7 Å². The van der Waals surface area contributed by atoms with Gasteiger partial charge in [0.2, 0.25) is 5.13 Å². The third-order valence-corrected chi connectivity index (χ3v) is 3.49. The number of thiazole rings is 1. The molecule has 0 atom stereocenters. The van der Waals surface area contributed by atoms with Gasteiger partial charge >= 0.3 is 0 Å². The average molecular weight is 283 g/mol. The van der Waals surface area contributed by atoms with Gasteiger partial charge in [-0.05, 0) is 19.1 Å². The van der Waals surface area contributed by atoms with Crippen LogP contribution in [0.3, 0.4) is 0 Å². The molecule has 0 radical (unpaired) electrons. The Bertz CT molecular complexity index is 699. The first-order valence-corrected chi connectivity index (χ1v) is 7.04. The molecule has 3 aromatic rings. The van der Waals surface area contributed by atoms with Crippen LogP contribution in [0, 0.1) is 6.92 Å². The highest BCUT2D eigenvalue weighted by molar-refractivity contribution is 7.14. The highest BCUT2D eigenvalue weighted by Crippen LogP contribution is 2.24. The Hall–Kier alpha value is -2.40. The third kappa shape index (κ3) is 2.95. The van der Waals surface area contributed by atoms with Crippen LogP contribution in [-0.2, 0) is 0 Å². The van der Waals surface area contributed by atoms with Crippen molar-refractivity contribution in [1.82, 2.24) is 4.98 Å². The molecule has 0 bridgehead atoms. The minimum Gasteiger partial charge on any atom is -0.463 e. The van der Waals surface area contributed by atoms with Crippen LogP contribution in [0.25, 0.3) is 11.3 Å². The molecule has 1 aromatic carbocycles. The Kier molecular flexibility index (Phi) is 3.60. The zero-order chi connectivity index (χ0) is 13.8. The smallest absolute Gasteiger partial charge is 0.203 e. The zero-order valence-electron chi connectivity index (χ0n) is 10.9. The Morgan fingerprint density at radius 2 is 2.10 bits per heavy atom. The van der Waals surface area contributed by atoms with Gasteiger partial charge in [0.15, 0.2) is 0 Å². The maximum absolute atomic E-state index is 5.15. The van der Waals surface area contributed by atoms with E-state index in [1.165, 1.54) is 16.9 Å². The number of nitrogens with zero attached hydrogens (tertiary/aromatic N) is 2. The summed E-state index contributed by atoms with van der Waals surface area (Å²) in [6.07, 6.45) is 3.23. The molecule has 4 nitrogen and oxygen atoms in total. The molecule has 0 aliphatic heterocycles. The van der Waals surface area contributed by atoms with Gasteiger partial charge in [-0.2, -0.15) is 5.10 Å². The van der Waals surface area contributed by atoms with E-state index in [4.69, 9.17) is 4.42 Å². The Labute approximate surface area is 120 Å². The number of hydrazone groups is 1. The summed E-state index contributed by atoms with van der Waals surface area (Å²) in [6, 6.07) is 12.0. The molecule has 0 aliphatic rings. The Morgan fingerprint density at radius 1 is 1.25 bits per heavy atom. The molecule has 2 aromatic heterocycles. The summed E-state index contributed by atoms with van der Waals surface area (Å²) < 4.78 is 5.15. The molecule has 0 aliphatic carbocycles. The number of aryl methyl sites for hydroxylation is 1. The summed E-state index contributed by atoms with van der Waals surface area (Å²) in [6.45, 7) is 2.07. The van der Waals surface area contributed by atoms with E-state index in [9.17, 15) is 0 Å². The fraction of sp³-hybridized carbons (Fsp3) is 0.0667. The Morgan fingerprint density at radius 3 is 2.85 bits per heavy atom. The van der Waals surface area contributed by atoms with Crippen molar-refractivity contribution in [1.29, 1.82) is 0 Å². The number of nitrogens with one attached hydrogen (secondary N) is 1. The van der Waals surface area contributed by atoms with Crippen LogP contribution in [0.15, 0.2) is 57.6 Å². The van der Waals surface area contributed by atoms with Gasteiger partial charge in [-0.25, -0.2) is 4.98 Å². The summed E-state index contributed by atoms with van der Waals surface area (Å²) in [7, 11) is 0. The van der Waals surface area contributed by atoms with Gasteiger partial charge in [-0.1, -0.05) is 29.8 Å². The van der Waals surface area contributed by atoms with Crippen LogP contribution in [-0.4, -0.2) is 11.2 Å². The predicted octanol–water partition coefficient (Wildman–Crippen LogP) is 4.16. The average Bonchev–Trinajstić information content (AvgIpc) is 3.11. The van der Waals surface area contributed by atoms with Crippen molar-refractivity contribution < 1.29 is 4.42 Å². The first-order valence-electron chi connectivity index (χ1n) is 6.16. The van der Waals surface area contributed by atoms with E-state index in [-0.39, 0.29) is 0 Å². The van der Waals surface area contributed by atoms with E-state index < -0.39 is 0 Å². The maximum Gasteiger partial charge on any atom is 0.203 e. The molecule has 5 heteroatoms. The van der Waals surface area contributed by atoms with Crippen LogP contribution in [0.1, 0.15) is 11.3 Å². The molecule has 0 fully saturated rings. The van der Waals surface area contributed by atoms with Crippen molar-refractivity contribution in [3.8, 4) is 11.3 Å². The second-order valence-electron chi connectivity index (χ2n) is 4.29. The van der Waals surface area contributed by atoms with Crippen LogP contribution in [0.5, 0.6) is 0 Å². The third-order valence-electron chi connectivity index (χ3n) is 2.75. The minimum atomic E-state index is 0.702. The maximum atomic E-state index is 5.15. The zero-order valence-corrected chi connectivity index (χ0v) is 11.7. The van der Waals surface area contributed by atoms with Gasteiger partial charge in [-0.15, -0.1) is 11.3 Å². The summed E-state index contributed by atoms with van der Waals surface area (Å²) in [4.78, 5) is 4.49. The molecule has 2 heterocycles. The van der Waals surface area contributed by atoms with E-state index in [0.29, 0.717) is 5.76 Å². The topological polar surface area (TPSA) is 50.4 Å². The molecular weight excluding hydrogens is 270 g/mol. The van der Waals surface area contributed by atoms with Crippen molar-refractivity contribution in [3.05, 3.63) is 59.4 Å². The standard InChI is InChI=1S/C15H13N3OS/c1-11-4-6-12(7-5-11)14-10-20-15(17-14)18-16-9-13-3-2-8-19-13/h2-10H,1H3,(H,17,18)/b16-9+. The lowest BCUT2D eigenvalue weighted by atomic mass is 10.1. The van der Waals surface area contributed by atoms with Crippen molar-refractivity contribution in [2.45, 2.75) is 6.92 Å². The van der Waals surface area contributed by atoms with Crippen molar-refractivity contribution in [2.75, 3.05) is 5.43 Å². The van der Waals surface area contributed by atoms with Crippen LogP contribution >= 0.6 is 11.3 Å². The minimum absolute atomic E-state index is 0.702. The summed E-state index contributed by atoms with van der Waals surface area (Å²) in [5.41, 5.74) is 6.20. The second-order valence-corrected chi connectivity index (χ2v) is 5.15. The molecule has 0 spiro atoms. The number of furan rings is 1. The van der Waals surface area contributed by atoms with Crippen LogP contribution in [0.4, 0.5) is 5.13 Å². The normalized spacial score (nSPS) is 11.1. The van der Waals surface area contributed by atoms with Crippen molar-refractivity contribution >= 4 is 22.7 Å². The largest absolute Gasteiger partial charge is 0.463 e. The van der Waals surface area contributed by atoms with Gasteiger partial charge in [0.05, 0.1) is 18.2 Å². The molecule has 3 rings (SSSR count). The lowest BCUT2D eigenvalue weighted by Crippen LogP contribution is -1.89. The number of hydrogen-bond acceptors (Lipinski definition) is 5. The highest BCUT2D eigenvalue weighted by atomic mass is 32.1. The molecule has 1 N–H and O–H groups in total. The van der Waals surface area contributed by atoms with E-state index in [0.717, 1.165) is 16.4 Å². The highest BCUT2D eigenvalue weighted by Gasteiger charge is 2.03. The summed E-state index contributed by atoms with van der Waals surface area (Å²) in [5, 5.41) is 6.85. The van der Waals surface area contributed by atoms with Gasteiger partial charge in [0.25, 0.3) is 0 Å². The molecule has 0 amide bonds. The van der Waals surface area contributed by atoms with Crippen molar-refractivity contribution in [3.63, 3.8) is 0 Å². The van der Waals surface area contributed by atoms with Crippen LogP contribution in [0.2, 0.25) is 0 Å². The molecule has 0 saturated carbocycles. The molecule has 0 unspecified atom stereocenters. The summed E-state index contributed by atoms with van der Waals surface area (Å²) in [5.74, 6) is 0.702. The lowest BCUT2D eigenvalue weighted by molar-refractivity contribution is 0.560. The van der Waals surface area contributed by atoms with Gasteiger partial charge in [-0.3, -0.25) is 5.43 Å². The molecule has 20 heavy (non-hydrogen) atoms. The van der Waals surface area contributed by atoms with Gasteiger partial charge < -0.3 is 4.42 Å². The number of benzene rings is 1. The molecule has 100 valence electrons. The first-order chi connectivity index (χ1) is 9.81. The second kappa shape index (κ2) is 5.71. The fourth-order valence-electron chi connectivity index (χ4n) is 1.70. The number of anilines is 1. The molecular formula is C15H13N3OS. The van der Waals surface area contributed by atoms with Gasteiger partial charge in [0, 0.05) is 10.9 Å². The SMILES string of the molecule is Cc1ccc(-c2csc(N/N=C/c3ccco3)n2)cc1. The number of aromatic nitrogens is 1. The van der Waals surface area contributed by atoms with E-state index in [1.54, 1.807) is 12.5 Å². The Balaban J connectivity index is 1.69. The summed E-state index contributed by atoms with van der Waals surface area (Å²) >= 11 is 1.52.